The number of nitrogens with zero attached hydrogens (tertiary/aromatic N) is 4. The molecule has 2 aromatic heterocycles. The van der Waals surface area contributed by atoms with Crippen molar-refractivity contribution in [1.82, 2.24) is 19.9 Å². The number of rotatable bonds is 8. The lowest BCUT2D eigenvalue weighted by Gasteiger charge is -2.18. The van der Waals surface area contributed by atoms with Gasteiger partial charge in [-0.15, -0.1) is 0 Å². The van der Waals surface area contributed by atoms with Crippen molar-refractivity contribution in [1.29, 1.82) is 0 Å². The second-order valence-corrected chi connectivity index (χ2v) is 11.6. The van der Waals surface area contributed by atoms with Gasteiger partial charge in [0.25, 0.3) is 0 Å². The van der Waals surface area contributed by atoms with E-state index in [0.29, 0.717) is 45.0 Å². The number of nitrogens with two attached hydrogens (primary N) is 1. The number of halogens is 1. The molecular formula is C23H26ClN8O2P. The van der Waals surface area contributed by atoms with Crippen molar-refractivity contribution in [3.8, 4) is 5.75 Å². The summed E-state index contributed by atoms with van der Waals surface area (Å²) in [6, 6.07) is 7.14. The van der Waals surface area contributed by atoms with Gasteiger partial charge in [0.05, 0.1) is 46.9 Å². The van der Waals surface area contributed by atoms with Crippen LogP contribution < -0.4 is 31.7 Å². The van der Waals surface area contributed by atoms with Crippen LogP contribution in [0.5, 0.6) is 5.75 Å². The minimum absolute atomic E-state index is 0.268. The molecule has 0 saturated carbocycles. The first-order valence-electron chi connectivity index (χ1n) is 10.8. The molecule has 0 unspecified atom stereocenters. The maximum absolute atomic E-state index is 13.2. The average molecular weight is 513 g/mol. The fraction of sp³-hybridized carbons (Fsp3) is 0.217. The van der Waals surface area contributed by atoms with Crippen LogP contribution in [0, 0.1) is 0 Å². The molecule has 4 rings (SSSR count). The maximum Gasteiger partial charge on any atom is 0.229 e. The van der Waals surface area contributed by atoms with Gasteiger partial charge in [0.2, 0.25) is 5.95 Å². The summed E-state index contributed by atoms with van der Waals surface area (Å²) in [5.74, 6) is 1.17. The van der Waals surface area contributed by atoms with Gasteiger partial charge >= 0.3 is 0 Å². The van der Waals surface area contributed by atoms with Gasteiger partial charge in [-0.2, -0.15) is 4.98 Å². The summed E-state index contributed by atoms with van der Waals surface area (Å²) in [7, 11) is -1.18. The van der Waals surface area contributed by atoms with Crippen molar-refractivity contribution in [3.63, 3.8) is 0 Å². The Morgan fingerprint density at radius 1 is 1.06 bits per heavy atom. The van der Waals surface area contributed by atoms with E-state index < -0.39 is 7.14 Å². The molecule has 2 heterocycles. The van der Waals surface area contributed by atoms with E-state index in [9.17, 15) is 4.57 Å². The van der Waals surface area contributed by atoms with E-state index in [1.165, 1.54) is 6.20 Å². The molecule has 0 atom stereocenters. The van der Waals surface area contributed by atoms with Gasteiger partial charge in [-0.25, -0.2) is 4.98 Å². The highest BCUT2D eigenvalue weighted by atomic mass is 35.5. The molecule has 5 N–H and O–H groups in total. The molecule has 0 spiro atoms. The monoisotopic (exact) mass is 512 g/mol. The molecule has 0 bridgehead atoms. The number of nitrogens with one attached hydrogen (secondary N) is 3. The van der Waals surface area contributed by atoms with Gasteiger partial charge in [-0.05, 0) is 38.5 Å². The Balaban J connectivity index is 1.71. The molecule has 0 aliphatic rings. The van der Waals surface area contributed by atoms with Gasteiger partial charge < -0.3 is 31.0 Å². The number of fused-ring (bicyclic) bond motifs is 1. The summed E-state index contributed by atoms with van der Waals surface area (Å²) in [4.78, 5) is 17.5. The zero-order valence-corrected chi connectivity index (χ0v) is 21.4. The number of ether oxygens (including phenoxy) is 1. The predicted molar refractivity (Wildman–Crippen MR) is 144 cm³/mol. The topological polar surface area (TPSA) is 140 Å². The molecule has 10 nitrogen and oxygen atoms in total. The van der Waals surface area contributed by atoms with Crippen molar-refractivity contribution < 1.29 is 9.30 Å². The molecular weight excluding hydrogens is 487 g/mol. The molecule has 4 aromatic rings. The van der Waals surface area contributed by atoms with E-state index >= 15 is 0 Å². The van der Waals surface area contributed by atoms with Crippen LogP contribution in [0.2, 0.25) is 5.02 Å². The lowest BCUT2D eigenvalue weighted by Crippen LogP contribution is -2.14. The second-order valence-electron chi connectivity index (χ2n) is 8.05. The molecule has 0 aliphatic carbocycles. The van der Waals surface area contributed by atoms with Crippen LogP contribution in [-0.4, -0.2) is 46.9 Å². The van der Waals surface area contributed by atoms with Gasteiger partial charge in [0.15, 0.2) is 5.82 Å². The van der Waals surface area contributed by atoms with Crippen LogP contribution in [0.1, 0.15) is 6.92 Å². The minimum atomic E-state index is -2.75. The molecule has 2 aromatic carbocycles. The normalized spacial score (nSPS) is 11.3. The van der Waals surface area contributed by atoms with Crippen molar-refractivity contribution >= 4 is 69.6 Å². The summed E-state index contributed by atoms with van der Waals surface area (Å²) >= 11 is 6.41. The van der Waals surface area contributed by atoms with Gasteiger partial charge in [0.1, 0.15) is 23.4 Å². The first-order valence-corrected chi connectivity index (χ1v) is 13.8. The number of methoxy groups -OCH3 is 1. The lowest BCUT2D eigenvalue weighted by atomic mass is 10.2. The van der Waals surface area contributed by atoms with Gasteiger partial charge in [0, 0.05) is 25.0 Å². The number of benzene rings is 2. The molecule has 0 radical (unpaired) electrons. The van der Waals surface area contributed by atoms with Crippen LogP contribution in [0.25, 0.3) is 11.0 Å². The fourth-order valence-electron chi connectivity index (χ4n) is 3.64. The van der Waals surface area contributed by atoms with E-state index in [1.54, 1.807) is 57.1 Å². The Morgan fingerprint density at radius 2 is 1.83 bits per heavy atom. The first kappa shape index (κ1) is 24.5. The van der Waals surface area contributed by atoms with E-state index in [0.717, 1.165) is 12.2 Å². The van der Waals surface area contributed by atoms with E-state index in [2.05, 4.69) is 35.9 Å². The molecule has 12 heteroatoms. The number of hydrogen-bond acceptors (Lipinski definition) is 10. The quantitative estimate of drug-likeness (QED) is 0.191. The van der Waals surface area contributed by atoms with Gasteiger partial charge in [-0.3, -0.25) is 9.97 Å². The van der Waals surface area contributed by atoms with E-state index in [1.807, 2.05) is 6.92 Å². The summed E-state index contributed by atoms with van der Waals surface area (Å²) in [6.07, 6.45) is 4.64. The number of nitrogen functional groups attached to an aromatic ring is 1. The highest BCUT2D eigenvalue weighted by Gasteiger charge is 2.22. The molecule has 182 valence electrons. The zero-order chi connectivity index (χ0) is 25.2. The van der Waals surface area contributed by atoms with Crippen molar-refractivity contribution in [2.45, 2.75) is 6.92 Å². The summed E-state index contributed by atoms with van der Waals surface area (Å²) in [6.45, 7) is 6.08. The molecule has 0 fully saturated rings. The minimum Gasteiger partial charge on any atom is -0.494 e. The molecule has 35 heavy (non-hydrogen) atoms. The standard InChI is InChI=1S/C23H26ClN8O2P/c1-5-26-17-11-19(34-2)18(10-14(17)25)31-23-29-12-13(24)22(32-23)30-16-7-6-15-20(28-9-8-27-15)21(16)35(3,4)33/h6-12,26H,5,25H2,1-4H3,(H2,29,30,31,32). The third kappa shape index (κ3) is 5.23. The van der Waals surface area contributed by atoms with Crippen LogP contribution >= 0.6 is 18.7 Å². The highest BCUT2D eigenvalue weighted by Crippen LogP contribution is 2.41. The van der Waals surface area contributed by atoms with Crippen LogP contribution in [0.4, 0.5) is 34.5 Å². The predicted octanol–water partition coefficient (Wildman–Crippen LogP) is 4.83. The van der Waals surface area contributed by atoms with E-state index in [4.69, 9.17) is 22.1 Å². The Kier molecular flexibility index (Phi) is 6.95. The van der Waals surface area contributed by atoms with Crippen LogP contribution in [0.3, 0.4) is 0 Å². The average Bonchev–Trinajstić information content (AvgIpc) is 2.82. The largest absolute Gasteiger partial charge is 0.494 e. The maximum atomic E-state index is 13.2. The Hall–Kier alpha value is -3.62. The summed E-state index contributed by atoms with van der Waals surface area (Å²) in [5.41, 5.74) is 9.88. The number of hydrogen-bond donors (Lipinski definition) is 4. The number of anilines is 6. The number of aromatic nitrogens is 4. The van der Waals surface area contributed by atoms with Crippen molar-refractivity contribution in [2.75, 3.05) is 48.7 Å². The highest BCUT2D eigenvalue weighted by molar-refractivity contribution is 7.71. The summed E-state index contributed by atoms with van der Waals surface area (Å²) < 4.78 is 18.7. The Morgan fingerprint density at radius 3 is 2.54 bits per heavy atom. The van der Waals surface area contributed by atoms with Crippen molar-refractivity contribution in [3.05, 3.63) is 47.9 Å². The summed E-state index contributed by atoms with van der Waals surface area (Å²) in [5, 5.41) is 10.4. The third-order valence-corrected chi connectivity index (χ3v) is 6.94. The van der Waals surface area contributed by atoms with Crippen LogP contribution in [-0.2, 0) is 4.57 Å². The zero-order valence-electron chi connectivity index (χ0n) is 19.8. The fourth-order valence-corrected chi connectivity index (χ4v) is 5.17. The lowest BCUT2D eigenvalue weighted by molar-refractivity contribution is 0.417. The Labute approximate surface area is 208 Å². The molecule has 0 amide bonds. The first-order chi connectivity index (χ1) is 16.7. The van der Waals surface area contributed by atoms with Crippen molar-refractivity contribution in [2.24, 2.45) is 0 Å². The smallest absolute Gasteiger partial charge is 0.229 e. The molecule has 0 aliphatic heterocycles. The van der Waals surface area contributed by atoms with Crippen LogP contribution in [0.15, 0.2) is 42.9 Å². The SMILES string of the molecule is CCNc1cc(OC)c(Nc2ncc(Cl)c(Nc3ccc4nccnc4c3P(C)(C)=O)n2)cc1N. The van der Waals surface area contributed by atoms with E-state index in [-0.39, 0.29) is 11.0 Å². The second kappa shape index (κ2) is 9.93. The Bertz CT molecular complexity index is 1440. The molecule has 0 saturated heterocycles. The third-order valence-electron chi connectivity index (χ3n) is 5.13. The van der Waals surface area contributed by atoms with Gasteiger partial charge in [-0.1, -0.05) is 11.6 Å².